The summed E-state index contributed by atoms with van der Waals surface area (Å²) in [6.07, 6.45) is 0. The lowest BCUT2D eigenvalue weighted by molar-refractivity contribution is 0.107. The number of nitrogens with zero attached hydrogens (tertiary/aromatic N) is 3. The fourth-order valence-electron chi connectivity index (χ4n) is 2.97. The second-order valence-corrected chi connectivity index (χ2v) is 6.36. The van der Waals surface area contributed by atoms with Crippen molar-refractivity contribution in [3.8, 4) is 0 Å². The van der Waals surface area contributed by atoms with Crippen LogP contribution in [0.4, 0.5) is 8.78 Å². The Morgan fingerprint density at radius 3 is 2.56 bits per heavy atom. The average molecular weight is 353 g/mol. The molecule has 0 aliphatic carbocycles. The summed E-state index contributed by atoms with van der Waals surface area (Å²) < 4.78 is 26.9. The second kappa shape index (κ2) is 9.68. The fourth-order valence-corrected chi connectivity index (χ4v) is 2.97. The van der Waals surface area contributed by atoms with Crippen LogP contribution < -0.4 is 10.6 Å². The molecule has 0 aromatic heterocycles. The molecular weight excluding hydrogens is 324 g/mol. The zero-order valence-corrected chi connectivity index (χ0v) is 15.4. The molecule has 0 radical (unpaired) electrons. The van der Waals surface area contributed by atoms with Gasteiger partial charge >= 0.3 is 0 Å². The van der Waals surface area contributed by atoms with E-state index in [1.54, 1.807) is 7.05 Å². The molecule has 1 saturated heterocycles. The van der Waals surface area contributed by atoms with Gasteiger partial charge in [-0.25, -0.2) is 8.78 Å². The number of nitrogens with one attached hydrogen (secondary N) is 2. The van der Waals surface area contributed by atoms with Gasteiger partial charge in [0.05, 0.1) is 0 Å². The van der Waals surface area contributed by atoms with E-state index in [-0.39, 0.29) is 12.1 Å². The molecule has 0 spiro atoms. The number of guanidine groups is 1. The van der Waals surface area contributed by atoms with E-state index in [0.717, 1.165) is 51.4 Å². The average Bonchev–Trinajstić information content (AvgIpc) is 2.64. The summed E-state index contributed by atoms with van der Waals surface area (Å²) >= 11 is 0. The Morgan fingerprint density at radius 2 is 1.92 bits per heavy atom. The minimum absolute atomic E-state index is 0.187. The Kier molecular flexibility index (Phi) is 7.58. The number of rotatable bonds is 6. The number of piperazine rings is 1. The normalized spacial score (nSPS) is 18.2. The molecule has 1 atom stereocenters. The van der Waals surface area contributed by atoms with Crippen LogP contribution in [0.25, 0.3) is 0 Å². The first kappa shape index (κ1) is 19.6. The molecule has 0 saturated carbocycles. The molecule has 1 fully saturated rings. The third-order valence-corrected chi connectivity index (χ3v) is 4.72. The Balaban J connectivity index is 1.77. The summed E-state index contributed by atoms with van der Waals surface area (Å²) in [6, 6.07) is 3.83. The van der Waals surface area contributed by atoms with Crippen LogP contribution in [0, 0.1) is 11.6 Å². The highest BCUT2D eigenvalue weighted by Crippen LogP contribution is 2.09. The van der Waals surface area contributed by atoms with Gasteiger partial charge < -0.3 is 15.5 Å². The molecule has 5 nitrogen and oxygen atoms in total. The van der Waals surface area contributed by atoms with Crippen LogP contribution >= 0.6 is 0 Å². The lowest BCUT2D eigenvalue weighted by Gasteiger charge is -2.37. The minimum atomic E-state index is -0.444. The number of likely N-dealkylation sites (N-methyl/N-ethyl adjacent to an activating group) is 1. The van der Waals surface area contributed by atoms with E-state index in [1.807, 2.05) is 0 Å². The number of aliphatic imine (C=N–C) groups is 1. The monoisotopic (exact) mass is 353 g/mol. The van der Waals surface area contributed by atoms with Gasteiger partial charge in [-0.05, 0) is 31.7 Å². The van der Waals surface area contributed by atoms with Crippen LogP contribution in [-0.2, 0) is 6.54 Å². The Morgan fingerprint density at radius 1 is 1.20 bits per heavy atom. The predicted octanol–water partition coefficient (Wildman–Crippen LogP) is 1.66. The molecule has 0 amide bonds. The fraction of sp³-hybridized carbons (Fsp3) is 0.611. The van der Waals surface area contributed by atoms with Crippen LogP contribution in [0.1, 0.15) is 19.4 Å². The molecular formula is C18H29F2N5. The molecule has 140 valence electrons. The maximum absolute atomic E-state index is 13.7. The van der Waals surface area contributed by atoms with Crippen molar-refractivity contribution in [3.63, 3.8) is 0 Å². The SMILES string of the molecule is CCN1CCN(C(C)CNC(=NC)NCc2cc(F)ccc2F)CC1. The molecule has 7 heteroatoms. The lowest BCUT2D eigenvalue weighted by atomic mass is 10.2. The molecule has 0 bridgehead atoms. The van der Waals surface area contributed by atoms with Crippen LogP contribution in [-0.4, -0.2) is 68.1 Å². The van der Waals surface area contributed by atoms with Gasteiger partial charge in [-0.1, -0.05) is 6.92 Å². The minimum Gasteiger partial charge on any atom is -0.355 e. The van der Waals surface area contributed by atoms with Gasteiger partial charge in [-0.3, -0.25) is 9.89 Å². The first-order valence-electron chi connectivity index (χ1n) is 8.88. The summed E-state index contributed by atoms with van der Waals surface area (Å²) in [4.78, 5) is 9.06. The van der Waals surface area contributed by atoms with Crippen molar-refractivity contribution >= 4 is 5.96 Å². The van der Waals surface area contributed by atoms with Crippen molar-refractivity contribution in [1.29, 1.82) is 0 Å². The highest BCUT2D eigenvalue weighted by atomic mass is 19.1. The smallest absolute Gasteiger partial charge is 0.191 e. The van der Waals surface area contributed by atoms with E-state index in [9.17, 15) is 8.78 Å². The third kappa shape index (κ3) is 5.93. The molecule has 1 heterocycles. The Labute approximate surface area is 149 Å². The van der Waals surface area contributed by atoms with E-state index in [0.29, 0.717) is 12.0 Å². The molecule has 25 heavy (non-hydrogen) atoms. The molecule has 2 rings (SSSR count). The molecule has 1 unspecified atom stereocenters. The molecule has 2 N–H and O–H groups in total. The predicted molar refractivity (Wildman–Crippen MR) is 97.7 cm³/mol. The quantitative estimate of drug-likeness (QED) is 0.603. The maximum atomic E-state index is 13.7. The van der Waals surface area contributed by atoms with Gasteiger partial charge in [0.1, 0.15) is 11.6 Å². The van der Waals surface area contributed by atoms with Crippen molar-refractivity contribution in [2.24, 2.45) is 4.99 Å². The summed E-state index contributed by atoms with van der Waals surface area (Å²) in [7, 11) is 1.67. The van der Waals surface area contributed by atoms with Crippen LogP contribution in [0.5, 0.6) is 0 Å². The topological polar surface area (TPSA) is 42.9 Å². The molecule has 1 aliphatic rings. The van der Waals surface area contributed by atoms with E-state index in [4.69, 9.17) is 0 Å². The standard InChI is InChI=1S/C18H29F2N5/c1-4-24-7-9-25(10-8-24)14(2)12-22-18(21-3)23-13-15-11-16(19)5-6-17(15)20/h5-6,11,14H,4,7-10,12-13H2,1-3H3,(H2,21,22,23). The highest BCUT2D eigenvalue weighted by Gasteiger charge is 2.20. The van der Waals surface area contributed by atoms with Gasteiger partial charge in [-0.15, -0.1) is 0 Å². The zero-order chi connectivity index (χ0) is 18.2. The Hall–Kier alpha value is -1.73. The molecule has 1 aromatic rings. The number of halogens is 2. The maximum Gasteiger partial charge on any atom is 0.191 e. The van der Waals surface area contributed by atoms with Crippen molar-refractivity contribution in [3.05, 3.63) is 35.4 Å². The molecule has 1 aromatic carbocycles. The highest BCUT2D eigenvalue weighted by molar-refractivity contribution is 5.79. The largest absolute Gasteiger partial charge is 0.355 e. The Bertz CT molecular complexity index is 571. The second-order valence-electron chi connectivity index (χ2n) is 6.36. The first-order valence-corrected chi connectivity index (χ1v) is 8.88. The van der Waals surface area contributed by atoms with Crippen molar-refractivity contribution in [1.82, 2.24) is 20.4 Å². The third-order valence-electron chi connectivity index (χ3n) is 4.72. The van der Waals surface area contributed by atoms with Gasteiger partial charge in [0, 0.05) is 57.9 Å². The van der Waals surface area contributed by atoms with E-state index in [1.165, 1.54) is 6.07 Å². The summed E-state index contributed by atoms with van der Waals surface area (Å²) in [5.41, 5.74) is 0.284. The van der Waals surface area contributed by atoms with Crippen LogP contribution in [0.2, 0.25) is 0 Å². The van der Waals surface area contributed by atoms with E-state index >= 15 is 0 Å². The van der Waals surface area contributed by atoms with E-state index < -0.39 is 11.6 Å². The number of hydrogen-bond donors (Lipinski definition) is 2. The lowest BCUT2D eigenvalue weighted by Crippen LogP contribution is -2.53. The van der Waals surface area contributed by atoms with Crippen LogP contribution in [0.3, 0.4) is 0 Å². The van der Waals surface area contributed by atoms with Gasteiger partial charge in [0.15, 0.2) is 5.96 Å². The summed E-state index contributed by atoms with van der Waals surface area (Å²) in [6.45, 7) is 10.8. The van der Waals surface area contributed by atoms with Gasteiger partial charge in [0.2, 0.25) is 0 Å². The van der Waals surface area contributed by atoms with Gasteiger partial charge in [-0.2, -0.15) is 0 Å². The summed E-state index contributed by atoms with van der Waals surface area (Å²) in [5, 5.41) is 6.30. The van der Waals surface area contributed by atoms with Crippen molar-refractivity contribution < 1.29 is 8.78 Å². The first-order chi connectivity index (χ1) is 12.0. The zero-order valence-electron chi connectivity index (χ0n) is 15.4. The van der Waals surface area contributed by atoms with E-state index in [2.05, 4.69) is 39.3 Å². The molecule has 1 aliphatic heterocycles. The summed E-state index contributed by atoms with van der Waals surface area (Å²) in [5.74, 6) is -0.282. The number of hydrogen-bond acceptors (Lipinski definition) is 3. The van der Waals surface area contributed by atoms with Crippen molar-refractivity contribution in [2.75, 3.05) is 46.3 Å². The van der Waals surface area contributed by atoms with Crippen molar-refractivity contribution in [2.45, 2.75) is 26.4 Å². The number of benzene rings is 1. The van der Waals surface area contributed by atoms with Crippen LogP contribution in [0.15, 0.2) is 23.2 Å². The van der Waals surface area contributed by atoms with Gasteiger partial charge in [0.25, 0.3) is 0 Å².